The monoisotopic (exact) mass is 294 g/mol. The first kappa shape index (κ1) is 15.2. The maximum Gasteiger partial charge on any atom is 0.253 e. The fraction of sp³-hybridized carbons (Fsp3) is 0.562. The predicted octanol–water partition coefficient (Wildman–Crippen LogP) is 3.94. The normalized spacial score (nSPS) is 26.1. The lowest BCUT2D eigenvalue weighted by Crippen LogP contribution is -2.42. The maximum atomic E-state index is 12.5. The van der Waals surface area contributed by atoms with Gasteiger partial charge in [0.15, 0.2) is 0 Å². The van der Waals surface area contributed by atoms with Crippen LogP contribution >= 0.6 is 11.6 Å². The molecule has 1 fully saturated rings. The predicted molar refractivity (Wildman–Crippen MR) is 84.4 cm³/mol. The summed E-state index contributed by atoms with van der Waals surface area (Å²) in [5.74, 6) is 1.25. The Balaban J connectivity index is 2.10. The third kappa shape index (κ3) is 3.45. The number of halogens is 1. The molecule has 0 aliphatic heterocycles. The average molecular weight is 295 g/mol. The second-order valence-corrected chi connectivity index (χ2v) is 6.35. The van der Waals surface area contributed by atoms with E-state index in [0.29, 0.717) is 16.5 Å². The van der Waals surface area contributed by atoms with Crippen LogP contribution in [0.2, 0.25) is 5.02 Å². The van der Waals surface area contributed by atoms with Crippen molar-refractivity contribution in [2.45, 2.75) is 39.2 Å². The van der Waals surface area contributed by atoms with Crippen LogP contribution in [0, 0.1) is 11.8 Å². The number of nitrogens with one attached hydrogen (secondary N) is 2. The smallest absolute Gasteiger partial charge is 0.253 e. The summed E-state index contributed by atoms with van der Waals surface area (Å²) in [5.41, 5.74) is 1.43. The molecule has 2 rings (SSSR count). The molecule has 1 aliphatic carbocycles. The Kier molecular flexibility index (Phi) is 4.92. The Morgan fingerprint density at radius 2 is 2.05 bits per heavy atom. The van der Waals surface area contributed by atoms with Gasteiger partial charge in [0, 0.05) is 23.8 Å². The molecular weight excluding hydrogens is 272 g/mol. The molecule has 3 atom stereocenters. The molecule has 1 aliphatic rings. The van der Waals surface area contributed by atoms with Crippen molar-refractivity contribution >= 4 is 23.2 Å². The SMILES string of the molecule is CNc1ccc(Cl)cc1C(=O)NC1CCC(C)CC1C. The van der Waals surface area contributed by atoms with E-state index >= 15 is 0 Å². The van der Waals surface area contributed by atoms with Crippen molar-refractivity contribution in [3.05, 3.63) is 28.8 Å². The zero-order valence-corrected chi connectivity index (χ0v) is 13.1. The average Bonchev–Trinajstić information content (AvgIpc) is 2.41. The molecule has 110 valence electrons. The van der Waals surface area contributed by atoms with Crippen molar-refractivity contribution in [2.75, 3.05) is 12.4 Å². The lowest BCUT2D eigenvalue weighted by Gasteiger charge is -2.33. The summed E-state index contributed by atoms with van der Waals surface area (Å²) >= 11 is 6.00. The fourth-order valence-corrected chi connectivity index (χ4v) is 3.22. The summed E-state index contributed by atoms with van der Waals surface area (Å²) < 4.78 is 0. The summed E-state index contributed by atoms with van der Waals surface area (Å²) in [6, 6.07) is 5.61. The van der Waals surface area contributed by atoms with Gasteiger partial charge in [-0.3, -0.25) is 4.79 Å². The number of amides is 1. The Labute approximate surface area is 126 Å². The number of carbonyl (C=O) groups is 1. The van der Waals surface area contributed by atoms with E-state index in [1.165, 1.54) is 12.8 Å². The van der Waals surface area contributed by atoms with Gasteiger partial charge in [-0.1, -0.05) is 25.4 Å². The Morgan fingerprint density at radius 1 is 1.30 bits per heavy atom. The number of hydrogen-bond acceptors (Lipinski definition) is 2. The topological polar surface area (TPSA) is 41.1 Å². The van der Waals surface area contributed by atoms with Crippen molar-refractivity contribution in [1.82, 2.24) is 5.32 Å². The van der Waals surface area contributed by atoms with Gasteiger partial charge in [-0.15, -0.1) is 0 Å². The van der Waals surface area contributed by atoms with Crippen LogP contribution in [-0.4, -0.2) is 19.0 Å². The molecule has 0 radical (unpaired) electrons. The van der Waals surface area contributed by atoms with Crippen LogP contribution in [0.4, 0.5) is 5.69 Å². The third-order valence-electron chi connectivity index (χ3n) is 4.24. The Morgan fingerprint density at radius 3 is 2.70 bits per heavy atom. The summed E-state index contributed by atoms with van der Waals surface area (Å²) in [5, 5.41) is 6.79. The van der Waals surface area contributed by atoms with E-state index < -0.39 is 0 Å². The number of hydrogen-bond donors (Lipinski definition) is 2. The van der Waals surface area contributed by atoms with Crippen LogP contribution in [0.25, 0.3) is 0 Å². The third-order valence-corrected chi connectivity index (χ3v) is 4.48. The molecule has 20 heavy (non-hydrogen) atoms. The van der Waals surface area contributed by atoms with Gasteiger partial charge < -0.3 is 10.6 Å². The lowest BCUT2D eigenvalue weighted by atomic mass is 9.80. The molecule has 4 heteroatoms. The molecule has 0 saturated heterocycles. The minimum atomic E-state index is -0.0387. The first-order valence-corrected chi connectivity index (χ1v) is 7.67. The molecular formula is C16H23ClN2O. The molecule has 1 aromatic carbocycles. The molecule has 0 spiro atoms. The van der Waals surface area contributed by atoms with E-state index in [1.807, 2.05) is 13.1 Å². The van der Waals surface area contributed by atoms with E-state index in [0.717, 1.165) is 18.0 Å². The summed E-state index contributed by atoms with van der Waals surface area (Å²) in [7, 11) is 1.81. The van der Waals surface area contributed by atoms with Crippen molar-refractivity contribution in [2.24, 2.45) is 11.8 Å². The van der Waals surface area contributed by atoms with E-state index in [-0.39, 0.29) is 11.9 Å². The molecule has 0 heterocycles. The van der Waals surface area contributed by atoms with Crippen molar-refractivity contribution < 1.29 is 4.79 Å². The highest BCUT2D eigenvalue weighted by Crippen LogP contribution is 2.29. The molecule has 1 aromatic rings. The summed E-state index contributed by atoms with van der Waals surface area (Å²) in [6.45, 7) is 4.50. The van der Waals surface area contributed by atoms with Crippen molar-refractivity contribution in [3.63, 3.8) is 0 Å². The van der Waals surface area contributed by atoms with Gasteiger partial charge >= 0.3 is 0 Å². The number of rotatable bonds is 3. The minimum absolute atomic E-state index is 0.0387. The fourth-order valence-electron chi connectivity index (χ4n) is 3.05. The van der Waals surface area contributed by atoms with E-state index in [9.17, 15) is 4.79 Å². The van der Waals surface area contributed by atoms with Crippen molar-refractivity contribution in [1.29, 1.82) is 0 Å². The van der Waals surface area contributed by atoms with E-state index in [1.54, 1.807) is 12.1 Å². The standard InChI is InChI=1S/C16H23ClN2O/c1-10-4-6-14(11(2)8-10)19-16(20)13-9-12(17)5-7-15(13)18-3/h5,7,9-11,14,18H,4,6,8H2,1-3H3,(H,19,20). The van der Waals surface area contributed by atoms with Crippen LogP contribution in [0.1, 0.15) is 43.5 Å². The number of anilines is 1. The highest BCUT2D eigenvalue weighted by atomic mass is 35.5. The summed E-state index contributed by atoms with van der Waals surface area (Å²) in [4.78, 5) is 12.5. The number of benzene rings is 1. The summed E-state index contributed by atoms with van der Waals surface area (Å²) in [6.07, 6.45) is 3.42. The lowest BCUT2D eigenvalue weighted by molar-refractivity contribution is 0.0900. The first-order valence-electron chi connectivity index (χ1n) is 7.29. The van der Waals surface area contributed by atoms with E-state index in [2.05, 4.69) is 24.5 Å². The second kappa shape index (κ2) is 6.49. The molecule has 1 saturated carbocycles. The van der Waals surface area contributed by atoms with E-state index in [4.69, 9.17) is 11.6 Å². The van der Waals surface area contributed by atoms with Gasteiger partial charge in [0.05, 0.1) is 5.56 Å². The van der Waals surface area contributed by atoms with Crippen molar-refractivity contribution in [3.8, 4) is 0 Å². The molecule has 1 amide bonds. The molecule has 0 bridgehead atoms. The highest BCUT2D eigenvalue weighted by molar-refractivity contribution is 6.31. The Bertz CT molecular complexity index is 489. The van der Waals surface area contributed by atoms with Gasteiger partial charge in [-0.05, 0) is 49.3 Å². The van der Waals surface area contributed by atoms with Gasteiger partial charge in [-0.25, -0.2) is 0 Å². The quantitative estimate of drug-likeness (QED) is 0.886. The Hall–Kier alpha value is -1.22. The van der Waals surface area contributed by atoms with Crippen LogP contribution in [-0.2, 0) is 0 Å². The zero-order chi connectivity index (χ0) is 14.7. The van der Waals surface area contributed by atoms with Gasteiger partial charge in [0.2, 0.25) is 0 Å². The maximum absolute atomic E-state index is 12.5. The minimum Gasteiger partial charge on any atom is -0.387 e. The van der Waals surface area contributed by atoms with Crippen LogP contribution in [0.3, 0.4) is 0 Å². The molecule has 3 unspecified atom stereocenters. The largest absolute Gasteiger partial charge is 0.387 e. The second-order valence-electron chi connectivity index (χ2n) is 5.92. The van der Waals surface area contributed by atoms with Crippen LogP contribution < -0.4 is 10.6 Å². The van der Waals surface area contributed by atoms with Gasteiger partial charge in [0.1, 0.15) is 0 Å². The highest BCUT2D eigenvalue weighted by Gasteiger charge is 2.27. The number of carbonyl (C=O) groups excluding carboxylic acids is 1. The molecule has 2 N–H and O–H groups in total. The molecule has 0 aromatic heterocycles. The van der Waals surface area contributed by atoms with Gasteiger partial charge in [-0.2, -0.15) is 0 Å². The van der Waals surface area contributed by atoms with Crippen LogP contribution in [0.15, 0.2) is 18.2 Å². The molecule has 3 nitrogen and oxygen atoms in total. The van der Waals surface area contributed by atoms with Crippen LogP contribution in [0.5, 0.6) is 0 Å². The van der Waals surface area contributed by atoms with Gasteiger partial charge in [0.25, 0.3) is 5.91 Å². The first-order chi connectivity index (χ1) is 9.51. The zero-order valence-electron chi connectivity index (χ0n) is 12.4.